The molecular formula is C16H25ClN4O2. The molecule has 1 atom stereocenters. The van der Waals surface area contributed by atoms with Gasteiger partial charge in [-0.3, -0.25) is 4.98 Å². The molecule has 1 aromatic carbocycles. The van der Waals surface area contributed by atoms with Gasteiger partial charge in [0, 0.05) is 18.3 Å². The first kappa shape index (κ1) is 19.6. The van der Waals surface area contributed by atoms with Crippen LogP contribution in [0.5, 0.6) is 0 Å². The van der Waals surface area contributed by atoms with Crippen LogP contribution in [0.3, 0.4) is 0 Å². The fourth-order valence-electron chi connectivity index (χ4n) is 2.54. The summed E-state index contributed by atoms with van der Waals surface area (Å²) in [6.45, 7) is 5.72. The predicted octanol–water partition coefficient (Wildman–Crippen LogP) is 2.04. The zero-order chi connectivity index (χ0) is 16.3. The highest BCUT2D eigenvalue weighted by molar-refractivity contribution is 6.00. The van der Waals surface area contributed by atoms with Gasteiger partial charge in [-0.15, -0.1) is 12.4 Å². The van der Waals surface area contributed by atoms with Crippen molar-refractivity contribution in [3.05, 3.63) is 34.7 Å². The van der Waals surface area contributed by atoms with Crippen molar-refractivity contribution in [3.63, 3.8) is 0 Å². The molecule has 7 heteroatoms. The van der Waals surface area contributed by atoms with E-state index in [1.54, 1.807) is 12.1 Å². The Morgan fingerprint density at radius 1 is 1.30 bits per heavy atom. The van der Waals surface area contributed by atoms with Crippen LogP contribution in [0.2, 0.25) is 0 Å². The average Bonchev–Trinajstić information content (AvgIpc) is 2.45. The van der Waals surface area contributed by atoms with Gasteiger partial charge in [-0.05, 0) is 52.5 Å². The lowest BCUT2D eigenvalue weighted by atomic mass is 10.1. The number of fused-ring (bicyclic) bond motifs is 1. The zero-order valence-electron chi connectivity index (χ0n) is 14.0. The quantitative estimate of drug-likeness (QED) is 0.554. The molecule has 1 aromatic heterocycles. The normalized spacial score (nSPS) is 12.3. The number of quaternary nitrogens is 1. The SMILES string of the molecule is Cc1nc2cccc([NH+]([O-])O)c2c(NCCCN(C)C)c1C.Cl. The Morgan fingerprint density at radius 2 is 2.00 bits per heavy atom. The zero-order valence-corrected chi connectivity index (χ0v) is 14.8. The molecule has 0 fully saturated rings. The van der Waals surface area contributed by atoms with Gasteiger partial charge in [-0.2, -0.15) is 5.23 Å². The predicted molar refractivity (Wildman–Crippen MR) is 95.9 cm³/mol. The molecule has 0 spiro atoms. The molecule has 0 amide bonds. The topological polar surface area (TPSA) is 75.9 Å². The molecule has 0 aliphatic heterocycles. The third-order valence-electron chi connectivity index (χ3n) is 3.81. The van der Waals surface area contributed by atoms with Gasteiger partial charge in [-0.1, -0.05) is 6.07 Å². The van der Waals surface area contributed by atoms with Gasteiger partial charge in [0.2, 0.25) is 0 Å². The summed E-state index contributed by atoms with van der Waals surface area (Å²) < 4.78 is 0. The van der Waals surface area contributed by atoms with E-state index in [2.05, 4.69) is 15.2 Å². The standard InChI is InChI=1S/C16H24N4O2.ClH/c1-11-12(2)18-13-7-5-8-14(20(21)22)15(13)16(11)17-9-6-10-19(3)4;/h5,7-8,20-21H,6,9-10H2,1-4H3,(H,17,18);1H. The molecule has 23 heavy (non-hydrogen) atoms. The van der Waals surface area contributed by atoms with Crippen molar-refractivity contribution >= 4 is 34.7 Å². The summed E-state index contributed by atoms with van der Waals surface area (Å²) in [7, 11) is 4.08. The number of halogens is 1. The second kappa shape index (κ2) is 8.42. The number of hydrogen-bond donors (Lipinski definition) is 3. The van der Waals surface area contributed by atoms with Crippen molar-refractivity contribution < 1.29 is 10.4 Å². The fourth-order valence-corrected chi connectivity index (χ4v) is 2.54. The lowest BCUT2D eigenvalue weighted by Crippen LogP contribution is -2.99. The third-order valence-corrected chi connectivity index (χ3v) is 3.81. The molecule has 0 aliphatic rings. The number of nitrogens with one attached hydrogen (secondary N) is 2. The van der Waals surface area contributed by atoms with E-state index in [1.807, 2.05) is 34.0 Å². The van der Waals surface area contributed by atoms with Crippen molar-refractivity contribution in [1.29, 1.82) is 0 Å². The van der Waals surface area contributed by atoms with Gasteiger partial charge in [0.05, 0.1) is 16.6 Å². The smallest absolute Gasteiger partial charge is 0.175 e. The number of pyridine rings is 1. The van der Waals surface area contributed by atoms with Crippen LogP contribution in [-0.4, -0.2) is 42.3 Å². The Balaban J connectivity index is 0.00000264. The lowest BCUT2D eigenvalue weighted by Gasteiger charge is -2.19. The highest BCUT2D eigenvalue weighted by atomic mass is 35.5. The summed E-state index contributed by atoms with van der Waals surface area (Å²) in [4.78, 5) is 6.66. The van der Waals surface area contributed by atoms with Crippen molar-refractivity contribution in [2.24, 2.45) is 0 Å². The summed E-state index contributed by atoms with van der Waals surface area (Å²) in [5.74, 6) is 0. The van der Waals surface area contributed by atoms with Crippen molar-refractivity contribution in [1.82, 2.24) is 9.88 Å². The molecule has 0 radical (unpaired) electrons. The van der Waals surface area contributed by atoms with E-state index in [0.717, 1.165) is 42.0 Å². The van der Waals surface area contributed by atoms with Gasteiger partial charge in [0.15, 0.2) is 5.69 Å². The van der Waals surface area contributed by atoms with Crippen LogP contribution in [0, 0.1) is 19.1 Å². The fraction of sp³-hybridized carbons (Fsp3) is 0.438. The summed E-state index contributed by atoms with van der Waals surface area (Å²) in [6.07, 6.45) is 0.991. The summed E-state index contributed by atoms with van der Waals surface area (Å²) in [5, 5.41) is 24.2. The molecule has 6 nitrogen and oxygen atoms in total. The highest BCUT2D eigenvalue weighted by Crippen LogP contribution is 2.31. The molecular weight excluding hydrogens is 316 g/mol. The molecule has 1 heterocycles. The number of anilines is 1. The molecule has 0 saturated carbocycles. The average molecular weight is 341 g/mol. The molecule has 128 valence electrons. The monoisotopic (exact) mass is 340 g/mol. The van der Waals surface area contributed by atoms with Crippen LogP contribution in [0.15, 0.2) is 18.2 Å². The number of benzene rings is 1. The molecule has 2 aromatic rings. The van der Waals surface area contributed by atoms with E-state index in [-0.39, 0.29) is 12.4 Å². The second-order valence-corrected chi connectivity index (χ2v) is 5.79. The van der Waals surface area contributed by atoms with E-state index < -0.39 is 5.23 Å². The Morgan fingerprint density at radius 3 is 2.61 bits per heavy atom. The molecule has 2 rings (SSSR count). The molecule has 0 bridgehead atoms. The van der Waals surface area contributed by atoms with Gasteiger partial charge in [0.1, 0.15) is 0 Å². The van der Waals surface area contributed by atoms with Crippen molar-refractivity contribution in [2.75, 3.05) is 32.5 Å². The van der Waals surface area contributed by atoms with Crippen molar-refractivity contribution in [3.8, 4) is 0 Å². The van der Waals surface area contributed by atoms with Crippen LogP contribution in [0.25, 0.3) is 10.9 Å². The first-order chi connectivity index (χ1) is 10.4. The van der Waals surface area contributed by atoms with Crippen LogP contribution in [0.4, 0.5) is 11.4 Å². The Kier molecular flexibility index (Phi) is 7.18. The maximum absolute atomic E-state index is 11.5. The molecule has 0 saturated heterocycles. The second-order valence-electron chi connectivity index (χ2n) is 5.79. The largest absolute Gasteiger partial charge is 0.595 e. The third kappa shape index (κ3) is 4.53. The minimum Gasteiger partial charge on any atom is -0.595 e. The highest BCUT2D eigenvalue weighted by Gasteiger charge is 2.16. The van der Waals surface area contributed by atoms with Crippen LogP contribution < -0.4 is 10.5 Å². The summed E-state index contributed by atoms with van der Waals surface area (Å²) in [6, 6.07) is 5.23. The number of aryl methyl sites for hydroxylation is 1. The lowest BCUT2D eigenvalue weighted by molar-refractivity contribution is -0.990. The van der Waals surface area contributed by atoms with Gasteiger partial charge in [-0.25, -0.2) is 5.21 Å². The number of nitrogens with zero attached hydrogens (tertiary/aromatic N) is 2. The van der Waals surface area contributed by atoms with E-state index >= 15 is 0 Å². The first-order valence-electron chi connectivity index (χ1n) is 7.43. The number of aromatic nitrogens is 1. The van der Waals surface area contributed by atoms with E-state index in [1.165, 1.54) is 0 Å². The maximum Gasteiger partial charge on any atom is 0.175 e. The van der Waals surface area contributed by atoms with Gasteiger partial charge >= 0.3 is 0 Å². The van der Waals surface area contributed by atoms with Crippen LogP contribution in [-0.2, 0) is 0 Å². The van der Waals surface area contributed by atoms with Gasteiger partial charge in [0.25, 0.3) is 0 Å². The molecule has 3 N–H and O–H groups in total. The minimum absolute atomic E-state index is 0. The Labute approximate surface area is 143 Å². The van der Waals surface area contributed by atoms with E-state index in [9.17, 15) is 10.4 Å². The van der Waals surface area contributed by atoms with E-state index in [0.29, 0.717) is 11.1 Å². The van der Waals surface area contributed by atoms with Crippen molar-refractivity contribution in [2.45, 2.75) is 20.3 Å². The Bertz CT molecular complexity index is 662. The summed E-state index contributed by atoms with van der Waals surface area (Å²) in [5.41, 5.74) is 3.83. The first-order valence-corrected chi connectivity index (χ1v) is 7.43. The van der Waals surface area contributed by atoms with Crippen LogP contribution >= 0.6 is 12.4 Å². The maximum atomic E-state index is 11.5. The Hall–Kier alpha value is -1.44. The number of hydrogen-bond acceptors (Lipinski definition) is 5. The van der Waals surface area contributed by atoms with Gasteiger partial charge < -0.3 is 15.4 Å². The minimum atomic E-state index is -0.924. The van der Waals surface area contributed by atoms with Crippen LogP contribution in [0.1, 0.15) is 17.7 Å². The summed E-state index contributed by atoms with van der Waals surface area (Å²) >= 11 is 0. The molecule has 1 unspecified atom stereocenters. The number of rotatable bonds is 6. The van der Waals surface area contributed by atoms with E-state index in [4.69, 9.17) is 0 Å². The molecule has 0 aliphatic carbocycles.